The molecule has 3 rings (SSSR count). The number of anilines is 1. The molecule has 0 saturated heterocycles. The largest absolute Gasteiger partial charge is 0.357 e. The molecule has 0 aliphatic heterocycles. The number of aryl methyl sites for hydroxylation is 1. The van der Waals surface area contributed by atoms with Crippen molar-refractivity contribution in [2.24, 2.45) is 0 Å². The summed E-state index contributed by atoms with van der Waals surface area (Å²) in [6.07, 6.45) is 0. The van der Waals surface area contributed by atoms with Gasteiger partial charge in [-0.15, -0.1) is 0 Å². The van der Waals surface area contributed by atoms with Crippen LogP contribution in [0.5, 0.6) is 0 Å². The Bertz CT molecular complexity index is 1280. The summed E-state index contributed by atoms with van der Waals surface area (Å²) in [5, 5.41) is 2.57. The van der Waals surface area contributed by atoms with Crippen LogP contribution in [0.3, 0.4) is 0 Å². The van der Waals surface area contributed by atoms with E-state index in [1.165, 1.54) is 24.1 Å². The van der Waals surface area contributed by atoms with E-state index in [4.69, 9.17) is 0 Å². The van der Waals surface area contributed by atoms with Crippen molar-refractivity contribution in [3.63, 3.8) is 0 Å². The molecule has 3 aromatic carbocycles. The van der Waals surface area contributed by atoms with E-state index in [1.807, 2.05) is 31.2 Å². The molecule has 1 unspecified atom stereocenters. The molecule has 9 heteroatoms. The van der Waals surface area contributed by atoms with Gasteiger partial charge >= 0.3 is 0 Å². The third-order valence-corrected chi connectivity index (χ3v) is 7.87. The second-order valence-corrected chi connectivity index (χ2v) is 10.9. The van der Waals surface area contributed by atoms with Crippen LogP contribution < -0.4 is 9.62 Å². The fourth-order valence-electron chi connectivity index (χ4n) is 3.58. The normalized spacial score (nSPS) is 12.0. The molecule has 0 aliphatic carbocycles. The maximum atomic E-state index is 13.6. The number of hydrogen-bond donors (Lipinski definition) is 1. The highest BCUT2D eigenvalue weighted by Crippen LogP contribution is 2.25. The first-order chi connectivity index (χ1) is 16.6. The molecule has 0 heterocycles. The highest BCUT2D eigenvalue weighted by Gasteiger charge is 2.32. The second-order valence-electron chi connectivity index (χ2n) is 8.10. The molecule has 1 atom stereocenters. The Labute approximate surface area is 214 Å². The summed E-state index contributed by atoms with van der Waals surface area (Å²) < 4.78 is 29.2. The minimum Gasteiger partial charge on any atom is -0.357 e. The zero-order valence-corrected chi connectivity index (χ0v) is 22.2. The van der Waals surface area contributed by atoms with Gasteiger partial charge in [0.05, 0.1) is 10.6 Å². The number of carbonyl (C=O) groups is 2. The molecule has 0 radical (unpaired) electrons. The number of benzene rings is 3. The third-order valence-electron chi connectivity index (χ3n) is 5.59. The van der Waals surface area contributed by atoms with Gasteiger partial charge < -0.3 is 10.2 Å². The number of hydrogen-bond acceptors (Lipinski definition) is 4. The molecule has 35 heavy (non-hydrogen) atoms. The van der Waals surface area contributed by atoms with Crippen LogP contribution in [0, 0.1) is 6.92 Å². The zero-order chi connectivity index (χ0) is 25.6. The van der Waals surface area contributed by atoms with E-state index in [1.54, 1.807) is 49.4 Å². The van der Waals surface area contributed by atoms with Gasteiger partial charge in [0.15, 0.2) is 0 Å². The molecule has 184 valence electrons. The molecular formula is C26H28BrN3O4S. The van der Waals surface area contributed by atoms with E-state index >= 15 is 0 Å². The number of sulfonamides is 1. The Hall–Kier alpha value is -3.17. The lowest BCUT2D eigenvalue weighted by Crippen LogP contribution is -2.50. The van der Waals surface area contributed by atoms with Crippen molar-refractivity contribution in [1.82, 2.24) is 10.2 Å². The van der Waals surface area contributed by atoms with Gasteiger partial charge in [0.25, 0.3) is 10.0 Å². The molecule has 1 N–H and O–H groups in total. The number of nitrogens with zero attached hydrogens (tertiary/aromatic N) is 2. The van der Waals surface area contributed by atoms with Gasteiger partial charge in [-0.2, -0.15) is 0 Å². The predicted molar refractivity (Wildman–Crippen MR) is 140 cm³/mol. The maximum Gasteiger partial charge on any atom is 0.264 e. The molecule has 0 aliphatic rings. The van der Waals surface area contributed by atoms with Crippen LogP contribution in [0.2, 0.25) is 0 Å². The first-order valence-corrected chi connectivity index (χ1v) is 13.3. The summed E-state index contributed by atoms with van der Waals surface area (Å²) in [6.45, 7) is 3.17. The molecule has 0 bridgehead atoms. The second kappa shape index (κ2) is 11.5. The summed E-state index contributed by atoms with van der Waals surface area (Å²) in [7, 11) is -2.55. The van der Waals surface area contributed by atoms with E-state index in [-0.39, 0.29) is 17.3 Å². The lowest BCUT2D eigenvalue weighted by Gasteiger charge is -2.31. The van der Waals surface area contributed by atoms with E-state index in [0.717, 1.165) is 19.9 Å². The van der Waals surface area contributed by atoms with Crippen LogP contribution >= 0.6 is 15.9 Å². The van der Waals surface area contributed by atoms with Crippen molar-refractivity contribution in [3.05, 3.63) is 94.5 Å². The average molecular weight is 558 g/mol. The van der Waals surface area contributed by atoms with Crippen LogP contribution in [0.1, 0.15) is 18.1 Å². The Morgan fingerprint density at radius 1 is 0.971 bits per heavy atom. The number of carbonyl (C=O) groups excluding carboxylic acids is 2. The molecule has 0 fully saturated rings. The summed E-state index contributed by atoms with van der Waals surface area (Å²) in [6, 6.07) is 21.5. The van der Waals surface area contributed by atoms with Crippen LogP contribution in [-0.4, -0.2) is 44.8 Å². The molecule has 3 aromatic rings. The fourth-order valence-corrected chi connectivity index (χ4v) is 5.44. The number of amides is 2. The lowest BCUT2D eigenvalue weighted by atomic mass is 10.1. The first kappa shape index (κ1) is 26.4. The highest BCUT2D eigenvalue weighted by atomic mass is 79.9. The topological polar surface area (TPSA) is 86.8 Å². The lowest BCUT2D eigenvalue weighted by molar-refractivity contribution is -0.139. The molecule has 0 aromatic heterocycles. The van der Waals surface area contributed by atoms with Crippen LogP contribution in [-0.2, 0) is 26.2 Å². The number of halogens is 1. The van der Waals surface area contributed by atoms with E-state index in [2.05, 4.69) is 21.2 Å². The van der Waals surface area contributed by atoms with Crippen molar-refractivity contribution in [2.75, 3.05) is 17.9 Å². The van der Waals surface area contributed by atoms with E-state index in [9.17, 15) is 18.0 Å². The van der Waals surface area contributed by atoms with Gasteiger partial charge in [-0.05, 0) is 55.8 Å². The van der Waals surface area contributed by atoms with Crippen molar-refractivity contribution in [1.29, 1.82) is 0 Å². The van der Waals surface area contributed by atoms with E-state index in [0.29, 0.717) is 5.69 Å². The summed E-state index contributed by atoms with van der Waals surface area (Å²) in [4.78, 5) is 27.6. The van der Waals surface area contributed by atoms with Crippen molar-refractivity contribution < 1.29 is 18.0 Å². The maximum absolute atomic E-state index is 13.6. The van der Waals surface area contributed by atoms with Gasteiger partial charge in [-0.25, -0.2) is 8.42 Å². The Balaban J connectivity index is 2.00. The SMILES string of the molecule is CNC(=O)C(C)N(Cc1cccc(Br)c1)C(=O)CN(c1ccccc1)S(=O)(=O)c1ccc(C)cc1. The van der Waals surface area contributed by atoms with Crippen molar-refractivity contribution in [2.45, 2.75) is 31.3 Å². The summed E-state index contributed by atoms with van der Waals surface area (Å²) in [5.41, 5.74) is 2.08. The van der Waals surface area contributed by atoms with Crippen molar-refractivity contribution in [3.8, 4) is 0 Å². The predicted octanol–water partition coefficient (Wildman–Crippen LogP) is 4.12. The molecular weight excluding hydrogens is 530 g/mol. The summed E-state index contributed by atoms with van der Waals surface area (Å²) in [5.74, 6) is -0.846. The number of likely N-dealkylation sites (N-methyl/N-ethyl adjacent to an activating group) is 1. The number of rotatable bonds is 9. The minimum atomic E-state index is -4.05. The molecule has 2 amide bonds. The Morgan fingerprint density at radius 2 is 1.63 bits per heavy atom. The average Bonchev–Trinajstić information content (AvgIpc) is 2.85. The first-order valence-electron chi connectivity index (χ1n) is 11.0. The third kappa shape index (κ3) is 6.49. The van der Waals surface area contributed by atoms with Gasteiger partial charge in [-0.1, -0.05) is 64.0 Å². The van der Waals surface area contributed by atoms with Crippen LogP contribution in [0.25, 0.3) is 0 Å². The summed E-state index contributed by atoms with van der Waals surface area (Å²) >= 11 is 3.43. The monoisotopic (exact) mass is 557 g/mol. The fraction of sp³-hybridized carbons (Fsp3) is 0.231. The van der Waals surface area contributed by atoms with Gasteiger partial charge in [-0.3, -0.25) is 13.9 Å². The smallest absolute Gasteiger partial charge is 0.264 e. The van der Waals surface area contributed by atoms with Gasteiger partial charge in [0.1, 0.15) is 12.6 Å². The van der Waals surface area contributed by atoms with Crippen LogP contribution in [0.15, 0.2) is 88.2 Å². The van der Waals surface area contributed by atoms with Crippen LogP contribution in [0.4, 0.5) is 5.69 Å². The van der Waals surface area contributed by atoms with Crippen molar-refractivity contribution >= 4 is 43.5 Å². The Kier molecular flexibility index (Phi) is 8.69. The standard InChI is InChI=1S/C26H28BrN3O4S/c1-19-12-14-24(15-13-19)35(33,34)30(23-10-5-4-6-11-23)18-25(31)29(20(2)26(32)28-3)17-21-8-7-9-22(27)16-21/h4-16,20H,17-18H2,1-3H3,(H,28,32). The minimum absolute atomic E-state index is 0.0812. The Morgan fingerprint density at radius 3 is 2.23 bits per heavy atom. The quantitative estimate of drug-likeness (QED) is 0.428. The number of nitrogens with one attached hydrogen (secondary N) is 1. The molecule has 0 saturated carbocycles. The zero-order valence-electron chi connectivity index (χ0n) is 19.8. The highest BCUT2D eigenvalue weighted by molar-refractivity contribution is 9.10. The number of para-hydroxylation sites is 1. The van der Waals surface area contributed by atoms with E-state index < -0.39 is 28.5 Å². The van der Waals surface area contributed by atoms with Gasteiger partial charge in [0, 0.05) is 18.1 Å². The molecule has 0 spiro atoms. The van der Waals surface area contributed by atoms with Gasteiger partial charge in [0.2, 0.25) is 11.8 Å². The molecule has 7 nitrogen and oxygen atoms in total.